The molecule has 0 bridgehead atoms. The number of aryl methyl sites for hydroxylation is 1. The van der Waals surface area contributed by atoms with Crippen LogP contribution in [0.15, 0.2) is 84.9 Å². The van der Waals surface area contributed by atoms with Crippen molar-refractivity contribution in [3.8, 4) is 22.3 Å². The van der Waals surface area contributed by atoms with E-state index in [4.69, 9.17) is 0 Å². The van der Waals surface area contributed by atoms with Crippen LogP contribution in [0, 0.1) is 13.8 Å². The Morgan fingerprint density at radius 1 is 0.517 bits per heavy atom. The molecule has 0 heteroatoms. The lowest BCUT2D eigenvalue weighted by Gasteiger charge is -2.25. The first kappa shape index (κ1) is 16.6. The van der Waals surface area contributed by atoms with Gasteiger partial charge in [0.05, 0.1) is 0 Å². The summed E-state index contributed by atoms with van der Waals surface area (Å²) >= 11 is 0. The number of hydrogen-bond acceptors (Lipinski definition) is 0. The van der Waals surface area contributed by atoms with Gasteiger partial charge in [-0.25, -0.2) is 0 Å². The smallest absolute Gasteiger partial charge is 0.00132 e. The highest BCUT2D eigenvalue weighted by atomic mass is 14.3. The summed E-state index contributed by atoms with van der Waals surface area (Å²) in [5.74, 6) is 0. The fraction of sp³-hybridized carbons (Fsp3) is 0.103. The van der Waals surface area contributed by atoms with E-state index < -0.39 is 0 Å². The van der Waals surface area contributed by atoms with E-state index in [2.05, 4.69) is 98.8 Å². The summed E-state index contributed by atoms with van der Waals surface area (Å²) in [4.78, 5) is 0. The van der Waals surface area contributed by atoms with Gasteiger partial charge in [-0.3, -0.25) is 0 Å². The summed E-state index contributed by atoms with van der Waals surface area (Å²) < 4.78 is 0. The summed E-state index contributed by atoms with van der Waals surface area (Å²) in [7, 11) is 0. The first-order chi connectivity index (χ1) is 14.2. The van der Waals surface area contributed by atoms with Crippen molar-refractivity contribution in [1.82, 2.24) is 0 Å². The molecule has 0 saturated carbocycles. The lowest BCUT2D eigenvalue weighted by atomic mass is 9.78. The molecule has 0 N–H and O–H groups in total. The van der Waals surface area contributed by atoms with E-state index in [0.29, 0.717) is 0 Å². The van der Waals surface area contributed by atoms with Gasteiger partial charge in [-0.1, -0.05) is 84.9 Å². The molecule has 138 valence electrons. The Morgan fingerprint density at radius 3 is 2.00 bits per heavy atom. The van der Waals surface area contributed by atoms with Crippen LogP contribution in [-0.4, -0.2) is 0 Å². The van der Waals surface area contributed by atoms with Gasteiger partial charge < -0.3 is 0 Å². The fourth-order valence-corrected chi connectivity index (χ4v) is 5.17. The molecule has 0 amide bonds. The Morgan fingerprint density at radius 2 is 1.14 bits per heavy atom. The molecule has 29 heavy (non-hydrogen) atoms. The van der Waals surface area contributed by atoms with Crippen LogP contribution in [0.1, 0.15) is 22.3 Å². The zero-order valence-corrected chi connectivity index (χ0v) is 16.8. The summed E-state index contributed by atoms with van der Waals surface area (Å²) in [6, 6.07) is 31.4. The average molecular weight is 370 g/mol. The first-order valence-electron chi connectivity index (χ1n) is 10.3. The molecule has 5 aromatic rings. The van der Waals surface area contributed by atoms with Crippen molar-refractivity contribution in [2.45, 2.75) is 20.3 Å². The topological polar surface area (TPSA) is 0 Å². The van der Waals surface area contributed by atoms with Crippen LogP contribution >= 0.6 is 0 Å². The third-order valence-electron chi connectivity index (χ3n) is 6.68. The number of fused-ring (bicyclic) bond motifs is 4. The van der Waals surface area contributed by atoms with Crippen LogP contribution in [0.25, 0.3) is 43.8 Å². The van der Waals surface area contributed by atoms with Crippen LogP contribution in [0.2, 0.25) is 0 Å². The average Bonchev–Trinajstić information content (AvgIpc) is 2.76. The number of hydrogen-bond donors (Lipinski definition) is 0. The van der Waals surface area contributed by atoms with E-state index in [1.165, 1.54) is 66.1 Å². The summed E-state index contributed by atoms with van der Waals surface area (Å²) in [6.07, 6.45) is 1.01. The Balaban J connectivity index is 1.89. The van der Waals surface area contributed by atoms with Gasteiger partial charge in [-0.2, -0.15) is 0 Å². The molecule has 6 rings (SSSR count). The fourth-order valence-electron chi connectivity index (χ4n) is 5.17. The lowest BCUT2D eigenvalue weighted by Crippen LogP contribution is -2.03. The predicted molar refractivity (Wildman–Crippen MR) is 125 cm³/mol. The molecule has 0 nitrogen and oxygen atoms in total. The predicted octanol–water partition coefficient (Wildman–Crippen LogP) is 7.85. The van der Waals surface area contributed by atoms with E-state index in [1.54, 1.807) is 0 Å². The van der Waals surface area contributed by atoms with Crippen LogP contribution in [0.5, 0.6) is 0 Å². The van der Waals surface area contributed by atoms with E-state index in [0.717, 1.165) is 6.42 Å². The molecule has 0 fully saturated rings. The highest BCUT2D eigenvalue weighted by Crippen LogP contribution is 2.48. The molecular formula is C29H22. The van der Waals surface area contributed by atoms with Crippen molar-refractivity contribution in [2.75, 3.05) is 0 Å². The minimum absolute atomic E-state index is 1.01. The SMILES string of the molecule is Cc1cccc(-c2c3ccccc3c3c4c(cccc24)Cc2ccccc2-3)c1C. The van der Waals surface area contributed by atoms with Crippen molar-refractivity contribution in [3.63, 3.8) is 0 Å². The zero-order chi connectivity index (χ0) is 19.5. The van der Waals surface area contributed by atoms with Crippen molar-refractivity contribution in [2.24, 2.45) is 0 Å². The van der Waals surface area contributed by atoms with Crippen LogP contribution < -0.4 is 0 Å². The summed E-state index contributed by atoms with van der Waals surface area (Å²) in [5, 5.41) is 5.51. The zero-order valence-electron chi connectivity index (χ0n) is 16.8. The van der Waals surface area contributed by atoms with Gasteiger partial charge in [0.2, 0.25) is 0 Å². The van der Waals surface area contributed by atoms with Crippen LogP contribution in [-0.2, 0) is 6.42 Å². The Kier molecular flexibility index (Phi) is 3.46. The Bertz CT molecular complexity index is 1440. The number of rotatable bonds is 1. The molecule has 0 atom stereocenters. The molecule has 0 saturated heterocycles. The molecule has 0 aromatic heterocycles. The van der Waals surface area contributed by atoms with E-state index in [9.17, 15) is 0 Å². The molecule has 1 aliphatic rings. The second-order valence-electron chi connectivity index (χ2n) is 8.22. The maximum absolute atomic E-state index is 2.32. The molecule has 0 unspecified atom stereocenters. The highest BCUT2D eigenvalue weighted by Gasteiger charge is 2.23. The Labute approximate surface area is 171 Å². The number of benzene rings is 5. The maximum Gasteiger partial charge on any atom is -0.00132 e. The minimum Gasteiger partial charge on any atom is -0.0619 e. The molecule has 0 radical (unpaired) electrons. The van der Waals surface area contributed by atoms with Crippen LogP contribution in [0.3, 0.4) is 0 Å². The molecule has 1 aliphatic carbocycles. The van der Waals surface area contributed by atoms with Crippen molar-refractivity contribution < 1.29 is 0 Å². The normalized spacial score (nSPS) is 12.3. The van der Waals surface area contributed by atoms with Gasteiger partial charge in [0, 0.05) is 0 Å². The van der Waals surface area contributed by atoms with Crippen LogP contribution in [0.4, 0.5) is 0 Å². The highest BCUT2D eigenvalue weighted by molar-refractivity contribution is 6.23. The second kappa shape index (κ2) is 6.06. The van der Waals surface area contributed by atoms with E-state index in [1.807, 2.05) is 0 Å². The minimum atomic E-state index is 1.01. The van der Waals surface area contributed by atoms with Crippen molar-refractivity contribution >= 4 is 21.5 Å². The first-order valence-corrected chi connectivity index (χ1v) is 10.3. The standard InChI is InChI=1S/C29H22/c1-18-9-7-15-22(19(18)2)28-24-13-5-6-14-25(24)29-23-12-4-3-10-20(23)17-21-11-8-16-26(28)27(21)29/h3-16H,17H2,1-2H3. The maximum atomic E-state index is 2.32. The Hall–Kier alpha value is -3.38. The van der Waals surface area contributed by atoms with Crippen molar-refractivity contribution in [3.05, 3.63) is 107 Å². The quantitative estimate of drug-likeness (QED) is 0.259. The van der Waals surface area contributed by atoms with Crippen molar-refractivity contribution in [1.29, 1.82) is 0 Å². The lowest BCUT2D eigenvalue weighted by molar-refractivity contribution is 1.20. The third-order valence-corrected chi connectivity index (χ3v) is 6.68. The molecule has 5 aromatic carbocycles. The van der Waals surface area contributed by atoms with Gasteiger partial charge >= 0.3 is 0 Å². The summed E-state index contributed by atoms with van der Waals surface area (Å²) in [5.41, 5.74) is 11.1. The van der Waals surface area contributed by atoms with E-state index >= 15 is 0 Å². The van der Waals surface area contributed by atoms with Gasteiger partial charge in [0.25, 0.3) is 0 Å². The molecule has 0 spiro atoms. The summed E-state index contributed by atoms with van der Waals surface area (Å²) in [6.45, 7) is 4.46. The monoisotopic (exact) mass is 370 g/mol. The van der Waals surface area contributed by atoms with Gasteiger partial charge in [-0.15, -0.1) is 0 Å². The molecule has 0 heterocycles. The second-order valence-corrected chi connectivity index (χ2v) is 8.22. The van der Waals surface area contributed by atoms with Gasteiger partial charge in [-0.05, 0) is 86.3 Å². The molecular weight excluding hydrogens is 348 g/mol. The van der Waals surface area contributed by atoms with Gasteiger partial charge in [0.1, 0.15) is 0 Å². The molecule has 0 aliphatic heterocycles. The van der Waals surface area contributed by atoms with E-state index in [-0.39, 0.29) is 0 Å². The largest absolute Gasteiger partial charge is 0.0619 e. The van der Waals surface area contributed by atoms with Gasteiger partial charge in [0.15, 0.2) is 0 Å². The third kappa shape index (κ3) is 2.26.